The number of unbranched alkanes of at least 4 members (excludes halogenated alkanes) is 2. The molecule has 0 fully saturated rings. The lowest BCUT2D eigenvalue weighted by Gasteiger charge is -2.14. The molecule has 6 nitrogen and oxygen atoms in total. The zero-order valence-corrected chi connectivity index (χ0v) is 17.1. The van der Waals surface area contributed by atoms with E-state index in [9.17, 15) is 19.8 Å². The molecule has 1 heterocycles. The minimum atomic E-state index is -1.12. The highest BCUT2D eigenvalue weighted by Crippen LogP contribution is 2.29. The van der Waals surface area contributed by atoms with E-state index in [1.165, 1.54) is 13.2 Å². The van der Waals surface area contributed by atoms with E-state index < -0.39 is 12.2 Å². The summed E-state index contributed by atoms with van der Waals surface area (Å²) in [6, 6.07) is 7.36. The number of hydrogen-bond donors (Lipinski definition) is 2. The highest BCUT2D eigenvalue weighted by molar-refractivity contribution is 6.03. The number of aliphatic hydroxyl groups is 2. The fourth-order valence-corrected chi connectivity index (χ4v) is 3.14. The number of para-hydroxylation sites is 1. The molecule has 2 N–H and O–H groups in total. The molecule has 0 radical (unpaired) electrons. The molecule has 0 spiro atoms. The van der Waals surface area contributed by atoms with E-state index in [1.807, 2.05) is 18.2 Å². The second kappa shape index (κ2) is 11.5. The van der Waals surface area contributed by atoms with Gasteiger partial charge < -0.3 is 19.4 Å². The van der Waals surface area contributed by atoms with E-state index >= 15 is 0 Å². The van der Waals surface area contributed by atoms with Gasteiger partial charge in [0.2, 0.25) is 0 Å². The number of methoxy groups -OCH3 is 1. The summed E-state index contributed by atoms with van der Waals surface area (Å²) < 4.78 is 10.4. The molecule has 2 rings (SSSR count). The normalized spacial score (nSPS) is 13.7. The van der Waals surface area contributed by atoms with Gasteiger partial charge >= 0.3 is 5.97 Å². The molecule has 158 valence electrons. The van der Waals surface area contributed by atoms with E-state index in [0.29, 0.717) is 24.0 Å². The van der Waals surface area contributed by atoms with E-state index in [0.717, 1.165) is 24.6 Å². The first-order valence-corrected chi connectivity index (χ1v) is 10.1. The van der Waals surface area contributed by atoms with Crippen LogP contribution in [-0.4, -0.2) is 41.3 Å². The van der Waals surface area contributed by atoms with Crippen molar-refractivity contribution in [3.63, 3.8) is 0 Å². The maximum absolute atomic E-state index is 12.6. The van der Waals surface area contributed by atoms with Gasteiger partial charge in [0.15, 0.2) is 11.5 Å². The number of benzene rings is 1. The molecule has 1 aromatic carbocycles. The van der Waals surface area contributed by atoms with Crippen molar-refractivity contribution in [1.82, 2.24) is 0 Å². The van der Waals surface area contributed by atoms with Crippen LogP contribution >= 0.6 is 0 Å². The van der Waals surface area contributed by atoms with Crippen LogP contribution in [0.15, 0.2) is 34.8 Å². The Morgan fingerprint density at radius 2 is 1.90 bits per heavy atom. The Kier molecular flexibility index (Phi) is 9.09. The molecule has 0 saturated carbocycles. The van der Waals surface area contributed by atoms with Gasteiger partial charge in [0.25, 0.3) is 0 Å². The van der Waals surface area contributed by atoms with E-state index in [1.54, 1.807) is 12.1 Å². The van der Waals surface area contributed by atoms with Gasteiger partial charge in [0.1, 0.15) is 5.58 Å². The lowest BCUT2D eigenvalue weighted by Crippen LogP contribution is -2.23. The maximum atomic E-state index is 12.6. The molecule has 0 amide bonds. The Hall–Kier alpha value is -2.44. The summed E-state index contributed by atoms with van der Waals surface area (Å²) in [6.07, 6.45) is 5.03. The van der Waals surface area contributed by atoms with Crippen LogP contribution < -0.4 is 0 Å². The molecule has 1 aromatic heterocycles. The molecule has 6 heteroatoms. The Labute approximate surface area is 171 Å². The highest BCUT2D eigenvalue weighted by Gasteiger charge is 2.20. The van der Waals surface area contributed by atoms with Crippen molar-refractivity contribution in [2.45, 2.75) is 64.1 Å². The van der Waals surface area contributed by atoms with Crippen LogP contribution in [0, 0.1) is 0 Å². The van der Waals surface area contributed by atoms with Gasteiger partial charge in [-0.2, -0.15) is 0 Å². The highest BCUT2D eigenvalue weighted by atomic mass is 16.5. The van der Waals surface area contributed by atoms with Gasteiger partial charge in [-0.3, -0.25) is 9.59 Å². The van der Waals surface area contributed by atoms with Gasteiger partial charge in [0.05, 0.1) is 19.3 Å². The van der Waals surface area contributed by atoms with Crippen molar-refractivity contribution in [2.75, 3.05) is 7.11 Å². The van der Waals surface area contributed by atoms with Gasteiger partial charge in [-0.25, -0.2) is 0 Å². The van der Waals surface area contributed by atoms with Crippen LogP contribution in [0.1, 0.15) is 68.0 Å². The van der Waals surface area contributed by atoms with Gasteiger partial charge in [-0.1, -0.05) is 50.1 Å². The lowest BCUT2D eigenvalue weighted by molar-refractivity contribution is -0.140. The minimum absolute atomic E-state index is 0.0672. The van der Waals surface area contributed by atoms with Crippen molar-refractivity contribution in [3.8, 4) is 0 Å². The first-order chi connectivity index (χ1) is 14.0. The number of carbonyl (C=O) groups excluding carboxylic acids is 2. The third kappa shape index (κ3) is 6.54. The molecule has 0 bridgehead atoms. The molecule has 0 aliphatic rings. The third-order valence-corrected chi connectivity index (χ3v) is 4.86. The quantitative estimate of drug-likeness (QED) is 0.313. The summed E-state index contributed by atoms with van der Waals surface area (Å²) in [5.41, 5.74) is 1.22. The number of esters is 1. The summed E-state index contributed by atoms with van der Waals surface area (Å²) in [5.74, 6) is -0.133. The average molecular weight is 402 g/mol. The van der Waals surface area contributed by atoms with Crippen LogP contribution in [0.3, 0.4) is 0 Å². The number of aliphatic hydroxyl groups excluding tert-OH is 2. The number of ketones is 1. The van der Waals surface area contributed by atoms with E-state index in [4.69, 9.17) is 4.42 Å². The third-order valence-electron chi connectivity index (χ3n) is 4.86. The van der Waals surface area contributed by atoms with Crippen LogP contribution in [0.5, 0.6) is 0 Å². The van der Waals surface area contributed by atoms with Crippen LogP contribution in [0.4, 0.5) is 0 Å². The summed E-state index contributed by atoms with van der Waals surface area (Å²) >= 11 is 0. The molecule has 0 unspecified atom stereocenters. The average Bonchev–Trinajstić information content (AvgIpc) is 3.10. The van der Waals surface area contributed by atoms with Gasteiger partial charge in [0, 0.05) is 23.8 Å². The standard InChI is InChI=1S/C23H30O6/c1-3-4-5-10-20(26)23-17(16-9-6-7-12-21(16)29-23)14-15-19(25)18(24)11-8-13-22(27)28-2/h6-7,9,12,14-15,18-19,24-25H,3-5,8,10-11,13H2,1-2H3/b15-14+/t18-,19+/m0/s1. The summed E-state index contributed by atoms with van der Waals surface area (Å²) in [6.45, 7) is 2.08. The lowest BCUT2D eigenvalue weighted by atomic mass is 10.0. The smallest absolute Gasteiger partial charge is 0.305 e. The number of furan rings is 1. The van der Waals surface area contributed by atoms with Crippen molar-refractivity contribution in [3.05, 3.63) is 41.7 Å². The van der Waals surface area contributed by atoms with E-state index in [2.05, 4.69) is 11.7 Å². The second-order valence-electron chi connectivity index (χ2n) is 7.11. The number of carbonyl (C=O) groups is 2. The molecule has 2 aromatic rings. The largest absolute Gasteiger partial charge is 0.469 e. The summed E-state index contributed by atoms with van der Waals surface area (Å²) in [7, 11) is 1.31. The number of Topliss-reactive ketones (excluding diaryl/α,β-unsaturated/α-hetero) is 1. The molecule has 0 saturated heterocycles. The number of ether oxygens (including phenoxy) is 1. The first kappa shape index (κ1) is 22.8. The van der Waals surface area contributed by atoms with Crippen molar-refractivity contribution in [2.24, 2.45) is 0 Å². The minimum Gasteiger partial charge on any atom is -0.469 e. The number of rotatable bonds is 12. The van der Waals surface area contributed by atoms with E-state index in [-0.39, 0.29) is 30.4 Å². The molecular weight excluding hydrogens is 372 g/mol. The molecule has 29 heavy (non-hydrogen) atoms. The zero-order chi connectivity index (χ0) is 21.2. The van der Waals surface area contributed by atoms with Crippen LogP contribution in [0.2, 0.25) is 0 Å². The topological polar surface area (TPSA) is 97.0 Å². The molecule has 2 atom stereocenters. The van der Waals surface area contributed by atoms with Crippen molar-refractivity contribution >= 4 is 28.8 Å². The fourth-order valence-electron chi connectivity index (χ4n) is 3.14. The predicted molar refractivity (Wildman–Crippen MR) is 112 cm³/mol. The number of fused-ring (bicyclic) bond motifs is 1. The van der Waals surface area contributed by atoms with Crippen molar-refractivity contribution in [1.29, 1.82) is 0 Å². The molecular formula is C23H30O6. The Balaban J connectivity index is 2.13. The summed E-state index contributed by atoms with van der Waals surface area (Å²) in [4.78, 5) is 23.8. The Morgan fingerprint density at radius 1 is 1.14 bits per heavy atom. The molecule has 0 aliphatic carbocycles. The zero-order valence-electron chi connectivity index (χ0n) is 17.1. The van der Waals surface area contributed by atoms with Gasteiger partial charge in [-0.05, 0) is 25.3 Å². The van der Waals surface area contributed by atoms with Crippen LogP contribution in [-0.2, 0) is 9.53 Å². The second-order valence-corrected chi connectivity index (χ2v) is 7.11. The maximum Gasteiger partial charge on any atom is 0.305 e. The Bertz CT molecular complexity index is 835. The molecule has 0 aliphatic heterocycles. The first-order valence-electron chi connectivity index (χ1n) is 10.1. The van der Waals surface area contributed by atoms with Crippen LogP contribution in [0.25, 0.3) is 17.0 Å². The monoisotopic (exact) mass is 402 g/mol. The SMILES string of the molecule is CCCCCC(=O)c1oc2ccccc2c1/C=C/[C@@H](O)[C@@H](O)CCCC(=O)OC. The summed E-state index contributed by atoms with van der Waals surface area (Å²) in [5, 5.41) is 21.2. The fraction of sp³-hybridized carbons (Fsp3) is 0.478. The predicted octanol–water partition coefficient (Wildman–Crippen LogP) is 4.27. The van der Waals surface area contributed by atoms with Gasteiger partial charge in [-0.15, -0.1) is 0 Å². The number of hydrogen-bond acceptors (Lipinski definition) is 6. The van der Waals surface area contributed by atoms with Crippen molar-refractivity contribution < 1.29 is 29.0 Å². The Morgan fingerprint density at radius 3 is 2.62 bits per heavy atom.